The van der Waals surface area contributed by atoms with Gasteiger partial charge in [0.05, 0.1) is 6.54 Å². The van der Waals surface area contributed by atoms with Crippen LogP contribution in [-0.4, -0.2) is 32.2 Å². The summed E-state index contributed by atoms with van der Waals surface area (Å²) in [5, 5.41) is 6.38. The fraction of sp³-hybridized carbons (Fsp3) is 0.357. The molecule has 1 heterocycles. The van der Waals surface area contributed by atoms with Crippen molar-refractivity contribution in [3.63, 3.8) is 0 Å². The van der Waals surface area contributed by atoms with Crippen molar-refractivity contribution in [3.05, 3.63) is 42.5 Å². The van der Waals surface area contributed by atoms with E-state index in [1.54, 1.807) is 13.1 Å². The first kappa shape index (κ1) is 15.8. The van der Waals surface area contributed by atoms with Crippen molar-refractivity contribution in [2.24, 2.45) is 4.99 Å². The Kier molecular flexibility index (Phi) is 6.69. The number of nitrogens with zero attached hydrogens (tertiary/aromatic N) is 1. The van der Waals surface area contributed by atoms with Crippen LogP contribution in [0.3, 0.4) is 0 Å². The molecule has 0 bridgehead atoms. The minimum absolute atomic E-state index is 0. The number of rotatable bonds is 4. The second-order valence-electron chi connectivity index (χ2n) is 4.17. The van der Waals surface area contributed by atoms with Crippen molar-refractivity contribution in [2.75, 3.05) is 20.1 Å². The molecule has 1 aliphatic heterocycles. The van der Waals surface area contributed by atoms with Crippen LogP contribution in [0.4, 0.5) is 0 Å². The lowest BCUT2D eigenvalue weighted by atomic mass is 10.1. The van der Waals surface area contributed by atoms with E-state index in [2.05, 4.69) is 28.3 Å². The van der Waals surface area contributed by atoms with Crippen LogP contribution in [0.2, 0.25) is 0 Å². The van der Waals surface area contributed by atoms with Crippen molar-refractivity contribution >= 4 is 29.9 Å². The van der Waals surface area contributed by atoms with Gasteiger partial charge in [-0.3, -0.25) is 4.99 Å². The van der Waals surface area contributed by atoms with Gasteiger partial charge in [-0.25, -0.2) is 0 Å². The summed E-state index contributed by atoms with van der Waals surface area (Å²) in [5.74, 6) is 1.77. The molecule has 1 unspecified atom stereocenters. The van der Waals surface area contributed by atoms with Crippen molar-refractivity contribution in [3.8, 4) is 5.75 Å². The van der Waals surface area contributed by atoms with Crippen LogP contribution in [-0.2, 0) is 6.42 Å². The van der Waals surface area contributed by atoms with E-state index in [0.29, 0.717) is 6.54 Å². The molecule has 4 nitrogen and oxygen atoms in total. The zero-order chi connectivity index (χ0) is 12.8. The third-order valence-electron chi connectivity index (χ3n) is 2.85. The SMILES string of the molecule is C=CCNC(=NC)NCC1Cc2ccccc2O1.I. The largest absolute Gasteiger partial charge is 0.488 e. The first-order valence-corrected chi connectivity index (χ1v) is 6.13. The molecule has 19 heavy (non-hydrogen) atoms. The lowest BCUT2D eigenvalue weighted by molar-refractivity contribution is 0.235. The summed E-state index contributed by atoms with van der Waals surface area (Å²) in [6, 6.07) is 8.17. The molecule has 0 spiro atoms. The van der Waals surface area contributed by atoms with Gasteiger partial charge in [-0.15, -0.1) is 30.6 Å². The number of benzene rings is 1. The number of fused-ring (bicyclic) bond motifs is 1. The number of hydrogen-bond acceptors (Lipinski definition) is 2. The van der Waals surface area contributed by atoms with Crippen molar-refractivity contribution in [1.29, 1.82) is 0 Å². The van der Waals surface area contributed by atoms with Crippen LogP contribution in [0.1, 0.15) is 5.56 Å². The molecule has 2 N–H and O–H groups in total. The summed E-state index contributed by atoms with van der Waals surface area (Å²) in [4.78, 5) is 4.13. The number of hydrogen-bond donors (Lipinski definition) is 2. The number of aliphatic imine (C=N–C) groups is 1. The first-order valence-electron chi connectivity index (χ1n) is 6.13. The zero-order valence-corrected chi connectivity index (χ0v) is 13.4. The number of guanidine groups is 1. The van der Waals surface area contributed by atoms with E-state index >= 15 is 0 Å². The summed E-state index contributed by atoms with van der Waals surface area (Å²) in [5.41, 5.74) is 1.28. The van der Waals surface area contributed by atoms with Crippen LogP contribution in [0.25, 0.3) is 0 Å². The molecule has 0 aromatic heterocycles. The van der Waals surface area contributed by atoms with E-state index in [1.165, 1.54) is 5.56 Å². The number of para-hydroxylation sites is 1. The molecule has 0 aliphatic carbocycles. The molecule has 0 fully saturated rings. The fourth-order valence-corrected chi connectivity index (χ4v) is 1.97. The molecule has 1 aromatic rings. The summed E-state index contributed by atoms with van der Waals surface area (Å²) in [6.45, 7) is 5.10. The maximum Gasteiger partial charge on any atom is 0.191 e. The van der Waals surface area contributed by atoms with E-state index in [-0.39, 0.29) is 30.1 Å². The Labute approximate surface area is 131 Å². The van der Waals surface area contributed by atoms with E-state index < -0.39 is 0 Å². The first-order chi connectivity index (χ1) is 8.83. The Bertz CT molecular complexity index is 423. The van der Waals surface area contributed by atoms with Gasteiger partial charge in [-0.2, -0.15) is 0 Å². The molecule has 2 rings (SSSR count). The van der Waals surface area contributed by atoms with Crippen LogP contribution >= 0.6 is 24.0 Å². The number of halogens is 1. The van der Waals surface area contributed by atoms with Gasteiger partial charge in [0.15, 0.2) is 5.96 Å². The maximum atomic E-state index is 5.84. The third-order valence-corrected chi connectivity index (χ3v) is 2.85. The predicted molar refractivity (Wildman–Crippen MR) is 89.5 cm³/mol. The summed E-state index contributed by atoms with van der Waals surface area (Å²) >= 11 is 0. The Morgan fingerprint density at radius 1 is 1.47 bits per heavy atom. The Hall–Kier alpha value is -1.24. The zero-order valence-electron chi connectivity index (χ0n) is 11.1. The summed E-state index contributed by atoms with van der Waals surface area (Å²) in [7, 11) is 1.75. The number of ether oxygens (including phenoxy) is 1. The van der Waals surface area contributed by atoms with E-state index in [0.717, 1.165) is 24.7 Å². The van der Waals surface area contributed by atoms with Crippen LogP contribution in [0, 0.1) is 0 Å². The monoisotopic (exact) mass is 373 g/mol. The molecular weight excluding hydrogens is 353 g/mol. The quantitative estimate of drug-likeness (QED) is 0.367. The third kappa shape index (κ3) is 4.41. The standard InChI is InChI=1S/C14H19N3O.HI/c1-3-8-16-14(15-2)17-10-12-9-11-6-4-5-7-13(11)18-12;/h3-7,12H,1,8-10H2,2H3,(H2,15,16,17);1H. The minimum Gasteiger partial charge on any atom is -0.488 e. The molecule has 1 atom stereocenters. The van der Waals surface area contributed by atoms with E-state index in [9.17, 15) is 0 Å². The van der Waals surface area contributed by atoms with Gasteiger partial charge in [0.25, 0.3) is 0 Å². The average Bonchev–Trinajstić information content (AvgIpc) is 2.81. The van der Waals surface area contributed by atoms with Gasteiger partial charge in [0.1, 0.15) is 11.9 Å². The summed E-state index contributed by atoms with van der Waals surface area (Å²) < 4.78 is 5.84. The van der Waals surface area contributed by atoms with Crippen LogP contribution in [0.5, 0.6) is 5.75 Å². The molecule has 0 saturated carbocycles. The molecule has 1 aliphatic rings. The second-order valence-corrected chi connectivity index (χ2v) is 4.17. The molecule has 5 heteroatoms. The van der Waals surface area contributed by atoms with E-state index in [1.807, 2.05) is 18.2 Å². The molecule has 0 radical (unpaired) electrons. The fourth-order valence-electron chi connectivity index (χ4n) is 1.97. The average molecular weight is 373 g/mol. The molecule has 1 aromatic carbocycles. The Balaban J connectivity index is 0.00000180. The van der Waals surface area contributed by atoms with Crippen molar-refractivity contribution < 1.29 is 4.74 Å². The smallest absolute Gasteiger partial charge is 0.191 e. The predicted octanol–water partition coefficient (Wildman–Crippen LogP) is 1.96. The van der Waals surface area contributed by atoms with Crippen molar-refractivity contribution in [1.82, 2.24) is 10.6 Å². The van der Waals surface area contributed by atoms with Gasteiger partial charge in [-0.05, 0) is 11.6 Å². The van der Waals surface area contributed by atoms with Gasteiger partial charge >= 0.3 is 0 Å². The highest BCUT2D eigenvalue weighted by Gasteiger charge is 2.22. The molecular formula is C14H20IN3O. The van der Waals surface area contributed by atoms with Gasteiger partial charge < -0.3 is 15.4 Å². The van der Waals surface area contributed by atoms with E-state index in [4.69, 9.17) is 4.74 Å². The molecule has 0 amide bonds. The highest BCUT2D eigenvalue weighted by molar-refractivity contribution is 14.0. The van der Waals surface area contributed by atoms with Crippen molar-refractivity contribution in [2.45, 2.75) is 12.5 Å². The highest BCUT2D eigenvalue weighted by Crippen LogP contribution is 2.27. The van der Waals surface area contributed by atoms with Crippen LogP contribution < -0.4 is 15.4 Å². The van der Waals surface area contributed by atoms with Gasteiger partial charge in [-0.1, -0.05) is 24.3 Å². The number of nitrogens with one attached hydrogen (secondary N) is 2. The molecule has 104 valence electrons. The maximum absolute atomic E-state index is 5.84. The second kappa shape index (κ2) is 8.04. The van der Waals surface area contributed by atoms with Gasteiger partial charge in [0.2, 0.25) is 0 Å². The Morgan fingerprint density at radius 3 is 2.95 bits per heavy atom. The normalized spacial score (nSPS) is 16.9. The highest BCUT2D eigenvalue weighted by atomic mass is 127. The minimum atomic E-state index is 0. The topological polar surface area (TPSA) is 45.7 Å². The lowest BCUT2D eigenvalue weighted by Crippen LogP contribution is -2.42. The Morgan fingerprint density at radius 2 is 2.26 bits per heavy atom. The van der Waals surface area contributed by atoms with Crippen LogP contribution in [0.15, 0.2) is 41.9 Å². The summed E-state index contributed by atoms with van der Waals surface area (Å²) in [6.07, 6.45) is 2.92. The lowest BCUT2D eigenvalue weighted by Gasteiger charge is -2.14. The molecule has 0 saturated heterocycles. The van der Waals surface area contributed by atoms with Gasteiger partial charge in [0, 0.05) is 20.0 Å².